The van der Waals surface area contributed by atoms with Gasteiger partial charge in [-0.1, -0.05) is 29.1 Å². The SMILES string of the molecule is CN1CCN(c2ccc3c(N)ncc(C#Cc4cccc(C(N)=NO)c4)c3c2)CC1. The Hall–Kier alpha value is -3.76. The normalized spacial score (nSPS) is 15.1. The summed E-state index contributed by atoms with van der Waals surface area (Å²) < 4.78 is 0. The second-order valence-electron chi connectivity index (χ2n) is 7.39. The van der Waals surface area contributed by atoms with Crippen molar-refractivity contribution < 1.29 is 5.21 Å². The highest BCUT2D eigenvalue weighted by Crippen LogP contribution is 2.28. The van der Waals surface area contributed by atoms with E-state index in [1.165, 1.54) is 0 Å². The number of fused-ring (bicyclic) bond motifs is 1. The van der Waals surface area contributed by atoms with E-state index in [0.29, 0.717) is 11.4 Å². The molecule has 1 fully saturated rings. The molecule has 0 spiro atoms. The van der Waals surface area contributed by atoms with Gasteiger partial charge in [-0.05, 0) is 37.4 Å². The molecule has 1 aromatic heterocycles. The zero-order valence-electron chi connectivity index (χ0n) is 16.8. The molecule has 152 valence electrons. The number of aromatic nitrogens is 1. The smallest absolute Gasteiger partial charge is 0.170 e. The highest BCUT2D eigenvalue weighted by molar-refractivity contribution is 5.98. The molecule has 0 atom stereocenters. The molecule has 2 aromatic carbocycles. The van der Waals surface area contributed by atoms with Gasteiger partial charge in [0, 0.05) is 60.0 Å². The van der Waals surface area contributed by atoms with Gasteiger partial charge in [-0.15, -0.1) is 0 Å². The van der Waals surface area contributed by atoms with Gasteiger partial charge in [-0.25, -0.2) is 4.98 Å². The minimum absolute atomic E-state index is 0.0510. The average Bonchev–Trinajstić information content (AvgIpc) is 2.78. The Balaban J connectivity index is 1.72. The molecule has 0 radical (unpaired) electrons. The monoisotopic (exact) mass is 400 g/mol. The van der Waals surface area contributed by atoms with E-state index in [9.17, 15) is 0 Å². The van der Waals surface area contributed by atoms with Crippen LogP contribution in [0, 0.1) is 11.8 Å². The minimum Gasteiger partial charge on any atom is -0.409 e. The van der Waals surface area contributed by atoms with Gasteiger partial charge in [0.25, 0.3) is 0 Å². The molecule has 0 bridgehead atoms. The molecular formula is C23H24N6O. The number of piperazine rings is 1. The second kappa shape index (κ2) is 8.31. The van der Waals surface area contributed by atoms with E-state index in [0.717, 1.165) is 53.8 Å². The molecule has 7 heteroatoms. The maximum Gasteiger partial charge on any atom is 0.170 e. The third-order valence-electron chi connectivity index (χ3n) is 5.38. The summed E-state index contributed by atoms with van der Waals surface area (Å²) in [5.74, 6) is 6.91. The van der Waals surface area contributed by atoms with Crippen molar-refractivity contribution in [3.05, 3.63) is 65.4 Å². The lowest BCUT2D eigenvalue weighted by atomic mass is 10.0. The van der Waals surface area contributed by atoms with Gasteiger partial charge >= 0.3 is 0 Å². The van der Waals surface area contributed by atoms with Gasteiger partial charge in [-0.3, -0.25) is 0 Å². The molecule has 2 heterocycles. The largest absolute Gasteiger partial charge is 0.409 e. The molecule has 1 aliphatic heterocycles. The molecule has 7 nitrogen and oxygen atoms in total. The Bertz CT molecular complexity index is 1170. The molecule has 0 aliphatic carbocycles. The highest BCUT2D eigenvalue weighted by atomic mass is 16.4. The van der Waals surface area contributed by atoms with Crippen LogP contribution in [0.1, 0.15) is 16.7 Å². The number of nitrogen functional groups attached to an aromatic ring is 1. The topological polar surface area (TPSA) is 104 Å². The summed E-state index contributed by atoms with van der Waals surface area (Å²) in [7, 11) is 2.15. The summed E-state index contributed by atoms with van der Waals surface area (Å²) in [6, 6.07) is 13.5. The number of anilines is 2. The fraction of sp³-hybridized carbons (Fsp3) is 0.217. The van der Waals surface area contributed by atoms with Crippen LogP contribution >= 0.6 is 0 Å². The Labute approximate surface area is 175 Å². The summed E-state index contributed by atoms with van der Waals surface area (Å²) in [5, 5.41) is 13.8. The van der Waals surface area contributed by atoms with Crippen LogP contribution in [0.3, 0.4) is 0 Å². The van der Waals surface area contributed by atoms with Gasteiger partial charge < -0.3 is 26.5 Å². The number of pyridine rings is 1. The first-order chi connectivity index (χ1) is 14.5. The zero-order valence-corrected chi connectivity index (χ0v) is 16.8. The number of hydrogen-bond donors (Lipinski definition) is 3. The lowest BCUT2D eigenvalue weighted by Gasteiger charge is -2.34. The number of benzene rings is 2. The second-order valence-corrected chi connectivity index (χ2v) is 7.39. The van der Waals surface area contributed by atoms with Crippen molar-refractivity contribution in [2.24, 2.45) is 10.9 Å². The maximum absolute atomic E-state index is 8.88. The summed E-state index contributed by atoms with van der Waals surface area (Å²) in [6.07, 6.45) is 1.71. The van der Waals surface area contributed by atoms with Crippen molar-refractivity contribution in [2.45, 2.75) is 0 Å². The molecule has 0 unspecified atom stereocenters. The standard InChI is InChI=1S/C23H24N6O/c1-28-9-11-29(12-10-28)19-7-8-20-21(14-19)18(15-26-23(20)25)6-5-16-3-2-4-17(13-16)22(24)27-30/h2-4,7-8,13-15,30H,9-12H2,1H3,(H2,24,27)(H2,25,26). The van der Waals surface area contributed by atoms with Crippen molar-refractivity contribution in [1.82, 2.24) is 9.88 Å². The van der Waals surface area contributed by atoms with Gasteiger partial charge in [0.1, 0.15) is 5.82 Å². The van der Waals surface area contributed by atoms with Crippen molar-refractivity contribution in [3.8, 4) is 11.8 Å². The lowest BCUT2D eigenvalue weighted by molar-refractivity contribution is 0.313. The van der Waals surface area contributed by atoms with E-state index in [1.54, 1.807) is 18.3 Å². The number of likely N-dealkylation sites (N-methyl/N-ethyl adjacent to an activating group) is 1. The number of oxime groups is 1. The van der Waals surface area contributed by atoms with E-state index in [1.807, 2.05) is 18.2 Å². The van der Waals surface area contributed by atoms with Crippen LogP contribution in [0.2, 0.25) is 0 Å². The molecule has 3 aromatic rings. The predicted octanol–water partition coefficient (Wildman–Crippen LogP) is 2.06. The number of rotatable bonds is 2. The molecule has 0 amide bonds. The van der Waals surface area contributed by atoms with Crippen LogP contribution in [0.15, 0.2) is 53.8 Å². The van der Waals surface area contributed by atoms with Gasteiger partial charge in [-0.2, -0.15) is 0 Å². The number of nitrogens with two attached hydrogens (primary N) is 2. The van der Waals surface area contributed by atoms with Crippen LogP contribution in [0.25, 0.3) is 10.8 Å². The Morgan fingerprint density at radius 3 is 2.63 bits per heavy atom. The van der Waals surface area contributed by atoms with Crippen LogP contribution in [-0.4, -0.2) is 54.2 Å². The van der Waals surface area contributed by atoms with Crippen molar-refractivity contribution >= 4 is 28.1 Å². The fourth-order valence-corrected chi connectivity index (χ4v) is 3.57. The maximum atomic E-state index is 8.88. The summed E-state index contributed by atoms with van der Waals surface area (Å²) in [4.78, 5) is 9.03. The third kappa shape index (κ3) is 4.00. The molecule has 0 saturated carbocycles. The first-order valence-corrected chi connectivity index (χ1v) is 9.77. The van der Waals surface area contributed by atoms with E-state index < -0.39 is 0 Å². The number of nitrogens with zero attached hydrogens (tertiary/aromatic N) is 4. The average molecular weight is 400 g/mol. The molecule has 30 heavy (non-hydrogen) atoms. The fourth-order valence-electron chi connectivity index (χ4n) is 3.57. The lowest BCUT2D eigenvalue weighted by Crippen LogP contribution is -2.44. The predicted molar refractivity (Wildman–Crippen MR) is 121 cm³/mol. The molecule has 4 rings (SSSR count). The Morgan fingerprint density at radius 1 is 1.07 bits per heavy atom. The number of hydrogen-bond acceptors (Lipinski definition) is 6. The van der Waals surface area contributed by atoms with Gasteiger partial charge in [0.2, 0.25) is 0 Å². The van der Waals surface area contributed by atoms with E-state index >= 15 is 0 Å². The summed E-state index contributed by atoms with van der Waals surface area (Å²) in [5.41, 5.74) is 15.1. The zero-order chi connectivity index (χ0) is 21.1. The van der Waals surface area contributed by atoms with Crippen LogP contribution in [0.5, 0.6) is 0 Å². The first kappa shape index (κ1) is 19.6. The highest BCUT2D eigenvalue weighted by Gasteiger charge is 2.15. The molecular weight excluding hydrogens is 376 g/mol. The minimum atomic E-state index is 0.0510. The van der Waals surface area contributed by atoms with Gasteiger partial charge in [0.15, 0.2) is 5.84 Å². The Kier molecular flexibility index (Phi) is 5.42. The molecule has 5 N–H and O–H groups in total. The van der Waals surface area contributed by atoms with Crippen molar-refractivity contribution in [1.29, 1.82) is 0 Å². The third-order valence-corrected chi connectivity index (χ3v) is 5.38. The van der Waals surface area contributed by atoms with E-state index in [-0.39, 0.29) is 5.84 Å². The van der Waals surface area contributed by atoms with Crippen molar-refractivity contribution in [2.75, 3.05) is 43.9 Å². The molecule has 1 aliphatic rings. The van der Waals surface area contributed by atoms with E-state index in [4.69, 9.17) is 16.7 Å². The number of amidine groups is 1. The van der Waals surface area contributed by atoms with E-state index in [2.05, 4.69) is 51.0 Å². The van der Waals surface area contributed by atoms with Crippen molar-refractivity contribution in [3.63, 3.8) is 0 Å². The van der Waals surface area contributed by atoms with Gasteiger partial charge in [0.05, 0.1) is 5.56 Å². The quantitative estimate of drug-likeness (QED) is 0.200. The summed E-state index contributed by atoms with van der Waals surface area (Å²) >= 11 is 0. The van der Waals surface area contributed by atoms with Crippen LogP contribution in [0.4, 0.5) is 11.5 Å². The van der Waals surface area contributed by atoms with Crippen LogP contribution in [-0.2, 0) is 0 Å². The summed E-state index contributed by atoms with van der Waals surface area (Å²) in [6.45, 7) is 4.06. The first-order valence-electron chi connectivity index (χ1n) is 9.77. The molecule has 1 saturated heterocycles. The van der Waals surface area contributed by atoms with Crippen LogP contribution < -0.4 is 16.4 Å². The Morgan fingerprint density at radius 2 is 1.87 bits per heavy atom.